The summed E-state index contributed by atoms with van der Waals surface area (Å²) >= 11 is 0. The molecule has 0 aliphatic rings. The molecule has 1 heterocycles. The van der Waals surface area contributed by atoms with Gasteiger partial charge in [-0.2, -0.15) is 5.10 Å². The Kier molecular flexibility index (Phi) is 4.29. The minimum Gasteiger partial charge on any atom is -0.497 e. The van der Waals surface area contributed by atoms with Gasteiger partial charge in [-0.05, 0) is 25.1 Å². The van der Waals surface area contributed by atoms with Gasteiger partial charge in [0.15, 0.2) is 0 Å². The van der Waals surface area contributed by atoms with Crippen molar-refractivity contribution < 1.29 is 14.6 Å². The van der Waals surface area contributed by atoms with Gasteiger partial charge < -0.3 is 14.6 Å². The van der Waals surface area contributed by atoms with E-state index < -0.39 is 6.10 Å². The maximum Gasteiger partial charge on any atom is 0.128 e. The second-order valence-corrected chi connectivity index (χ2v) is 4.73. The summed E-state index contributed by atoms with van der Waals surface area (Å²) in [5, 5.41) is 14.7. The molecule has 0 aliphatic heterocycles. The van der Waals surface area contributed by atoms with Crippen molar-refractivity contribution in [2.45, 2.75) is 19.4 Å². The number of ether oxygens (including phenoxy) is 2. The van der Waals surface area contributed by atoms with Gasteiger partial charge in [0.1, 0.15) is 11.5 Å². The zero-order chi connectivity index (χ0) is 14.7. The number of aryl methyl sites for hydroxylation is 2. The molecule has 0 spiro atoms. The van der Waals surface area contributed by atoms with Crippen molar-refractivity contribution in [3.05, 3.63) is 41.2 Å². The number of nitrogens with zero attached hydrogens (tertiary/aromatic N) is 2. The van der Waals surface area contributed by atoms with Crippen LogP contribution in [0, 0.1) is 6.92 Å². The van der Waals surface area contributed by atoms with E-state index in [-0.39, 0.29) is 0 Å². The first kappa shape index (κ1) is 14.4. The molecule has 1 aromatic carbocycles. The van der Waals surface area contributed by atoms with Crippen LogP contribution in [0.1, 0.15) is 23.1 Å². The molecular weight excluding hydrogens is 256 g/mol. The lowest BCUT2D eigenvalue weighted by atomic mass is 10.0. The number of rotatable bonds is 5. The van der Waals surface area contributed by atoms with Gasteiger partial charge in [0.2, 0.25) is 0 Å². The van der Waals surface area contributed by atoms with Crippen LogP contribution < -0.4 is 9.47 Å². The van der Waals surface area contributed by atoms with E-state index in [1.807, 2.05) is 32.2 Å². The van der Waals surface area contributed by atoms with Crippen LogP contribution in [0.15, 0.2) is 24.3 Å². The summed E-state index contributed by atoms with van der Waals surface area (Å²) < 4.78 is 12.3. The molecular formula is C15H20N2O3. The number of benzene rings is 1. The van der Waals surface area contributed by atoms with Gasteiger partial charge >= 0.3 is 0 Å². The molecule has 0 aliphatic carbocycles. The number of methoxy groups -OCH3 is 2. The van der Waals surface area contributed by atoms with Crippen LogP contribution in [0.3, 0.4) is 0 Å². The van der Waals surface area contributed by atoms with Gasteiger partial charge in [0.05, 0.1) is 26.0 Å². The second-order valence-electron chi connectivity index (χ2n) is 4.73. The molecule has 0 saturated heterocycles. The Labute approximate surface area is 118 Å². The number of aliphatic hydroxyl groups excluding tert-OH is 1. The molecule has 1 N–H and O–H groups in total. The highest BCUT2D eigenvalue weighted by Gasteiger charge is 2.16. The molecule has 1 aromatic heterocycles. The van der Waals surface area contributed by atoms with Crippen molar-refractivity contribution in [2.24, 2.45) is 7.05 Å². The van der Waals surface area contributed by atoms with Crippen molar-refractivity contribution in [1.82, 2.24) is 9.78 Å². The molecule has 0 saturated carbocycles. The van der Waals surface area contributed by atoms with E-state index in [1.165, 1.54) is 0 Å². The summed E-state index contributed by atoms with van der Waals surface area (Å²) in [6, 6.07) is 7.38. The van der Waals surface area contributed by atoms with E-state index >= 15 is 0 Å². The Bertz CT molecular complexity index is 593. The SMILES string of the molecule is COc1ccc(C(O)Cc2cc(C)nn2C)c(OC)c1. The molecule has 5 heteroatoms. The van der Waals surface area contributed by atoms with E-state index in [9.17, 15) is 5.11 Å². The summed E-state index contributed by atoms with van der Waals surface area (Å²) in [6.07, 6.45) is -0.161. The van der Waals surface area contributed by atoms with Gasteiger partial charge in [-0.15, -0.1) is 0 Å². The van der Waals surface area contributed by atoms with Crippen LogP contribution in [-0.2, 0) is 13.5 Å². The first-order chi connectivity index (χ1) is 9.55. The highest BCUT2D eigenvalue weighted by molar-refractivity contribution is 5.42. The summed E-state index contributed by atoms with van der Waals surface area (Å²) in [7, 11) is 5.06. The number of hydrogen-bond donors (Lipinski definition) is 1. The Morgan fingerprint density at radius 2 is 2.00 bits per heavy atom. The average molecular weight is 276 g/mol. The van der Waals surface area contributed by atoms with Crippen LogP contribution in [0.2, 0.25) is 0 Å². The Morgan fingerprint density at radius 1 is 1.25 bits per heavy atom. The van der Waals surface area contributed by atoms with Crippen LogP contribution >= 0.6 is 0 Å². The molecule has 108 valence electrons. The van der Waals surface area contributed by atoms with Gasteiger partial charge in [0, 0.05) is 30.8 Å². The van der Waals surface area contributed by atoms with E-state index in [0.717, 1.165) is 17.0 Å². The minimum absolute atomic E-state index is 0.486. The van der Waals surface area contributed by atoms with Crippen LogP contribution in [0.5, 0.6) is 11.5 Å². The molecule has 1 atom stereocenters. The fraction of sp³-hybridized carbons (Fsp3) is 0.400. The monoisotopic (exact) mass is 276 g/mol. The van der Waals surface area contributed by atoms with Crippen LogP contribution in [0.4, 0.5) is 0 Å². The molecule has 0 amide bonds. The predicted molar refractivity (Wildman–Crippen MR) is 76.2 cm³/mol. The van der Waals surface area contributed by atoms with Crippen molar-refractivity contribution in [3.63, 3.8) is 0 Å². The molecule has 0 bridgehead atoms. The third kappa shape index (κ3) is 2.93. The Hall–Kier alpha value is -2.01. The molecule has 1 unspecified atom stereocenters. The Morgan fingerprint density at radius 3 is 2.55 bits per heavy atom. The predicted octanol–water partition coefficient (Wildman–Crippen LogP) is 2.02. The maximum absolute atomic E-state index is 10.4. The van der Waals surface area contributed by atoms with Gasteiger partial charge in [-0.25, -0.2) is 0 Å². The molecule has 2 rings (SSSR count). The van der Waals surface area contributed by atoms with E-state index in [2.05, 4.69) is 5.10 Å². The highest BCUT2D eigenvalue weighted by atomic mass is 16.5. The third-order valence-corrected chi connectivity index (χ3v) is 3.30. The maximum atomic E-state index is 10.4. The van der Waals surface area contributed by atoms with E-state index in [0.29, 0.717) is 17.9 Å². The van der Waals surface area contributed by atoms with Crippen LogP contribution in [0.25, 0.3) is 0 Å². The smallest absolute Gasteiger partial charge is 0.128 e. The van der Waals surface area contributed by atoms with Crippen molar-refractivity contribution in [3.8, 4) is 11.5 Å². The van der Waals surface area contributed by atoms with Crippen molar-refractivity contribution in [1.29, 1.82) is 0 Å². The van der Waals surface area contributed by atoms with E-state index in [4.69, 9.17) is 9.47 Å². The first-order valence-electron chi connectivity index (χ1n) is 6.44. The number of aliphatic hydroxyl groups is 1. The average Bonchev–Trinajstić information content (AvgIpc) is 2.75. The fourth-order valence-corrected chi connectivity index (χ4v) is 2.26. The molecule has 2 aromatic rings. The standard InChI is InChI=1S/C15H20N2O3/c1-10-7-11(17(2)16-10)8-14(18)13-6-5-12(19-3)9-15(13)20-4/h5-7,9,14,18H,8H2,1-4H3. The number of aromatic nitrogens is 2. The summed E-state index contributed by atoms with van der Waals surface area (Å²) in [4.78, 5) is 0. The summed E-state index contributed by atoms with van der Waals surface area (Å²) in [5.41, 5.74) is 2.66. The number of hydrogen-bond acceptors (Lipinski definition) is 4. The zero-order valence-corrected chi connectivity index (χ0v) is 12.3. The minimum atomic E-state index is -0.648. The van der Waals surface area contributed by atoms with Gasteiger partial charge in [0.25, 0.3) is 0 Å². The molecule has 20 heavy (non-hydrogen) atoms. The first-order valence-corrected chi connectivity index (χ1v) is 6.44. The zero-order valence-electron chi connectivity index (χ0n) is 12.3. The lowest BCUT2D eigenvalue weighted by Gasteiger charge is -2.15. The molecule has 5 nitrogen and oxygen atoms in total. The molecule has 0 fully saturated rings. The Balaban J connectivity index is 2.24. The summed E-state index contributed by atoms with van der Waals surface area (Å²) in [6.45, 7) is 1.93. The van der Waals surface area contributed by atoms with Crippen LogP contribution in [-0.4, -0.2) is 29.1 Å². The highest BCUT2D eigenvalue weighted by Crippen LogP contribution is 2.31. The largest absolute Gasteiger partial charge is 0.497 e. The summed E-state index contributed by atoms with van der Waals surface area (Å²) in [5.74, 6) is 1.32. The normalized spacial score (nSPS) is 12.2. The second kappa shape index (κ2) is 5.96. The van der Waals surface area contributed by atoms with Crippen molar-refractivity contribution >= 4 is 0 Å². The van der Waals surface area contributed by atoms with Gasteiger partial charge in [-0.3, -0.25) is 4.68 Å². The lowest BCUT2D eigenvalue weighted by molar-refractivity contribution is 0.171. The lowest BCUT2D eigenvalue weighted by Crippen LogP contribution is -2.08. The third-order valence-electron chi connectivity index (χ3n) is 3.30. The van der Waals surface area contributed by atoms with E-state index in [1.54, 1.807) is 25.0 Å². The quantitative estimate of drug-likeness (QED) is 0.907. The fourth-order valence-electron chi connectivity index (χ4n) is 2.26. The van der Waals surface area contributed by atoms with Crippen molar-refractivity contribution in [2.75, 3.05) is 14.2 Å². The molecule has 0 radical (unpaired) electrons. The van der Waals surface area contributed by atoms with Gasteiger partial charge in [-0.1, -0.05) is 0 Å². The topological polar surface area (TPSA) is 56.5 Å².